The largest absolute Gasteiger partial charge is 0.495 e. The number of benzene rings is 2. The highest BCUT2D eigenvalue weighted by molar-refractivity contribution is 7.99. The van der Waals surface area contributed by atoms with E-state index in [0.717, 1.165) is 24.6 Å². The molecule has 0 atom stereocenters. The van der Waals surface area contributed by atoms with Crippen LogP contribution in [-0.4, -0.2) is 52.1 Å². The summed E-state index contributed by atoms with van der Waals surface area (Å²) >= 11 is 1.86. The molecule has 3 aromatic rings. The molecule has 0 unspecified atom stereocenters. The smallest absolute Gasteiger partial charge is 0.265 e. The SMILES string of the molecule is COc1ccccc1-n1cnc2cc(C(=O)N3CCSCC3)ccc2c1=O. The summed E-state index contributed by atoms with van der Waals surface area (Å²) in [5.74, 6) is 2.51. The van der Waals surface area contributed by atoms with Gasteiger partial charge in [0.2, 0.25) is 0 Å². The summed E-state index contributed by atoms with van der Waals surface area (Å²) in [5, 5.41) is 0.467. The highest BCUT2D eigenvalue weighted by Crippen LogP contribution is 2.21. The lowest BCUT2D eigenvalue weighted by molar-refractivity contribution is 0.0772. The number of rotatable bonds is 3. The third-order valence-electron chi connectivity index (χ3n) is 4.65. The van der Waals surface area contributed by atoms with Crippen LogP contribution in [0.25, 0.3) is 16.6 Å². The van der Waals surface area contributed by atoms with E-state index in [1.807, 2.05) is 28.8 Å². The van der Waals surface area contributed by atoms with Crippen LogP contribution in [-0.2, 0) is 0 Å². The lowest BCUT2D eigenvalue weighted by Gasteiger charge is -2.26. The zero-order valence-electron chi connectivity index (χ0n) is 14.9. The van der Waals surface area contributed by atoms with Crippen molar-refractivity contribution in [2.24, 2.45) is 0 Å². The van der Waals surface area contributed by atoms with Gasteiger partial charge in [0.1, 0.15) is 12.1 Å². The van der Waals surface area contributed by atoms with Gasteiger partial charge in [-0.05, 0) is 30.3 Å². The minimum atomic E-state index is -0.196. The van der Waals surface area contributed by atoms with Crippen LogP contribution < -0.4 is 10.3 Å². The minimum absolute atomic E-state index is 0.00657. The van der Waals surface area contributed by atoms with Gasteiger partial charge in [-0.15, -0.1) is 0 Å². The Bertz CT molecular complexity index is 1060. The van der Waals surface area contributed by atoms with Gasteiger partial charge in [-0.3, -0.25) is 14.2 Å². The molecular formula is C20H19N3O3S. The number of nitrogens with zero attached hydrogens (tertiary/aromatic N) is 3. The van der Waals surface area contributed by atoms with Gasteiger partial charge in [0.25, 0.3) is 11.5 Å². The van der Waals surface area contributed by atoms with Crippen LogP contribution in [0.4, 0.5) is 0 Å². The highest BCUT2D eigenvalue weighted by Gasteiger charge is 2.19. The van der Waals surface area contributed by atoms with Crippen molar-refractivity contribution in [1.82, 2.24) is 14.5 Å². The normalized spacial score (nSPS) is 14.3. The van der Waals surface area contributed by atoms with Gasteiger partial charge in [0.15, 0.2) is 0 Å². The average Bonchev–Trinajstić information content (AvgIpc) is 2.74. The number of carbonyl (C=O) groups is 1. The molecular weight excluding hydrogens is 362 g/mol. The first kappa shape index (κ1) is 17.6. The van der Waals surface area contributed by atoms with Gasteiger partial charge >= 0.3 is 0 Å². The number of methoxy groups -OCH3 is 1. The van der Waals surface area contributed by atoms with Crippen molar-refractivity contribution in [1.29, 1.82) is 0 Å². The Labute approximate surface area is 160 Å². The molecule has 0 radical (unpaired) electrons. The van der Waals surface area contributed by atoms with Gasteiger partial charge in [-0.25, -0.2) is 4.98 Å². The number of aromatic nitrogens is 2. The number of thioether (sulfide) groups is 1. The fourth-order valence-electron chi connectivity index (χ4n) is 3.20. The second-order valence-electron chi connectivity index (χ2n) is 6.23. The molecule has 1 amide bonds. The summed E-state index contributed by atoms with van der Waals surface area (Å²) in [6.07, 6.45) is 1.48. The Balaban J connectivity index is 1.74. The first-order valence-electron chi connectivity index (χ1n) is 8.71. The van der Waals surface area contributed by atoms with Crippen molar-refractivity contribution < 1.29 is 9.53 Å². The van der Waals surface area contributed by atoms with Crippen LogP contribution in [0, 0.1) is 0 Å². The molecule has 2 heterocycles. The Morgan fingerprint density at radius 2 is 1.93 bits per heavy atom. The van der Waals surface area contributed by atoms with E-state index in [0.29, 0.717) is 27.9 Å². The van der Waals surface area contributed by atoms with Crippen LogP contribution >= 0.6 is 11.8 Å². The van der Waals surface area contributed by atoms with Crippen molar-refractivity contribution in [3.05, 3.63) is 64.7 Å². The minimum Gasteiger partial charge on any atom is -0.495 e. The Morgan fingerprint density at radius 3 is 2.70 bits per heavy atom. The molecule has 0 bridgehead atoms. The molecule has 138 valence electrons. The first-order chi connectivity index (χ1) is 13.2. The zero-order chi connectivity index (χ0) is 18.8. The molecule has 0 spiro atoms. The zero-order valence-corrected chi connectivity index (χ0v) is 15.7. The van der Waals surface area contributed by atoms with E-state index in [4.69, 9.17) is 4.74 Å². The highest BCUT2D eigenvalue weighted by atomic mass is 32.2. The number of amides is 1. The number of ether oxygens (including phenoxy) is 1. The summed E-state index contributed by atoms with van der Waals surface area (Å²) in [6.45, 7) is 1.51. The second-order valence-corrected chi connectivity index (χ2v) is 7.45. The summed E-state index contributed by atoms with van der Waals surface area (Å²) < 4.78 is 6.81. The third kappa shape index (κ3) is 3.30. The van der Waals surface area contributed by atoms with Crippen molar-refractivity contribution in [3.8, 4) is 11.4 Å². The summed E-state index contributed by atoms with van der Waals surface area (Å²) in [7, 11) is 1.56. The summed E-state index contributed by atoms with van der Waals surface area (Å²) in [5.41, 5.74) is 1.52. The summed E-state index contributed by atoms with van der Waals surface area (Å²) in [6, 6.07) is 12.4. The quantitative estimate of drug-likeness (QED) is 0.698. The number of hydrogen-bond donors (Lipinski definition) is 0. The Morgan fingerprint density at radius 1 is 1.15 bits per heavy atom. The van der Waals surface area contributed by atoms with Gasteiger partial charge in [0.05, 0.1) is 23.7 Å². The van der Waals surface area contributed by atoms with Gasteiger partial charge in [-0.1, -0.05) is 12.1 Å². The summed E-state index contributed by atoms with van der Waals surface area (Å²) in [4.78, 5) is 31.9. The van der Waals surface area contributed by atoms with E-state index in [1.54, 1.807) is 37.4 Å². The lowest BCUT2D eigenvalue weighted by atomic mass is 10.1. The monoisotopic (exact) mass is 381 g/mol. The molecule has 1 aliphatic heterocycles. The number of fused-ring (bicyclic) bond motifs is 1. The maximum atomic E-state index is 12.9. The van der Waals surface area contributed by atoms with Crippen molar-refractivity contribution >= 4 is 28.6 Å². The van der Waals surface area contributed by atoms with Crippen LogP contribution in [0.3, 0.4) is 0 Å². The molecule has 1 aliphatic rings. The van der Waals surface area contributed by atoms with E-state index in [-0.39, 0.29) is 11.5 Å². The predicted octanol–water partition coefficient (Wildman–Crippen LogP) is 2.58. The lowest BCUT2D eigenvalue weighted by Crippen LogP contribution is -2.37. The fraction of sp³-hybridized carbons (Fsp3) is 0.250. The molecule has 0 aliphatic carbocycles. The molecule has 0 saturated carbocycles. The van der Waals surface area contributed by atoms with Crippen molar-refractivity contribution in [2.45, 2.75) is 0 Å². The van der Waals surface area contributed by atoms with E-state index in [9.17, 15) is 9.59 Å². The predicted molar refractivity (Wildman–Crippen MR) is 107 cm³/mol. The topological polar surface area (TPSA) is 64.4 Å². The third-order valence-corrected chi connectivity index (χ3v) is 5.59. The van der Waals surface area contributed by atoms with E-state index >= 15 is 0 Å². The van der Waals surface area contributed by atoms with Crippen LogP contribution in [0.2, 0.25) is 0 Å². The van der Waals surface area contributed by atoms with Crippen LogP contribution in [0.1, 0.15) is 10.4 Å². The van der Waals surface area contributed by atoms with Crippen molar-refractivity contribution in [2.75, 3.05) is 31.7 Å². The van der Waals surface area contributed by atoms with Gasteiger partial charge < -0.3 is 9.64 Å². The second kappa shape index (κ2) is 7.44. The Hall–Kier alpha value is -2.80. The molecule has 2 aromatic carbocycles. The molecule has 7 heteroatoms. The molecule has 4 rings (SSSR count). The molecule has 6 nitrogen and oxygen atoms in total. The van der Waals surface area contributed by atoms with E-state index in [2.05, 4.69) is 4.98 Å². The van der Waals surface area contributed by atoms with Gasteiger partial charge in [0, 0.05) is 30.2 Å². The maximum Gasteiger partial charge on any atom is 0.265 e. The molecule has 1 aromatic heterocycles. The molecule has 1 saturated heterocycles. The van der Waals surface area contributed by atoms with Gasteiger partial charge in [-0.2, -0.15) is 11.8 Å². The standard InChI is InChI=1S/C20H19N3O3S/c1-26-18-5-3-2-4-17(18)23-13-21-16-12-14(6-7-15(16)20(23)25)19(24)22-8-10-27-11-9-22/h2-7,12-13H,8-11H2,1H3. The van der Waals surface area contributed by atoms with E-state index < -0.39 is 0 Å². The molecule has 27 heavy (non-hydrogen) atoms. The average molecular weight is 381 g/mol. The number of carbonyl (C=O) groups excluding carboxylic acids is 1. The molecule has 0 N–H and O–H groups in total. The fourth-order valence-corrected chi connectivity index (χ4v) is 4.11. The molecule has 1 fully saturated rings. The van der Waals surface area contributed by atoms with Crippen molar-refractivity contribution in [3.63, 3.8) is 0 Å². The Kier molecular flexibility index (Phi) is 4.85. The van der Waals surface area contributed by atoms with E-state index in [1.165, 1.54) is 10.9 Å². The van der Waals surface area contributed by atoms with Crippen LogP contribution in [0.15, 0.2) is 53.6 Å². The van der Waals surface area contributed by atoms with Crippen LogP contribution in [0.5, 0.6) is 5.75 Å². The maximum absolute atomic E-state index is 12.9. The number of para-hydroxylation sites is 2. The number of hydrogen-bond acceptors (Lipinski definition) is 5. The first-order valence-corrected chi connectivity index (χ1v) is 9.86.